The molecule has 6 aliphatic rings. The minimum atomic E-state index is -0.699. The van der Waals surface area contributed by atoms with E-state index >= 15 is 0 Å². The molecule has 6 aliphatic heterocycles. The van der Waals surface area contributed by atoms with Crippen molar-refractivity contribution in [2.45, 2.75) is 83.0 Å². The van der Waals surface area contributed by atoms with Crippen LogP contribution in [0.15, 0.2) is 54.6 Å². The average molecular weight is 1670 g/mol. The monoisotopic (exact) mass is 1660 g/mol. The van der Waals surface area contributed by atoms with Gasteiger partial charge in [-0.2, -0.15) is 0 Å². The van der Waals surface area contributed by atoms with E-state index in [0.29, 0.717) is 96.5 Å². The fourth-order valence-electron chi connectivity index (χ4n) is 9.62. The number of carbonyl (C=O) groups is 7. The van der Waals surface area contributed by atoms with Crippen molar-refractivity contribution in [2.24, 2.45) is 5.73 Å². The number of aldehydes is 1. The summed E-state index contributed by atoms with van der Waals surface area (Å²) in [4.78, 5) is 92.8. The van der Waals surface area contributed by atoms with Gasteiger partial charge in [-0.25, -0.2) is 23.4 Å². The number of pyridine rings is 1. The third kappa shape index (κ3) is 14.5. The van der Waals surface area contributed by atoms with Crippen molar-refractivity contribution in [1.29, 1.82) is 0 Å². The number of rotatable bonds is 10. The number of fused-ring (bicyclic) bond motifs is 4. The predicted octanol–water partition coefficient (Wildman–Crippen LogP) is 9.67. The van der Waals surface area contributed by atoms with Gasteiger partial charge in [-0.1, -0.05) is 12.1 Å². The second-order valence-corrected chi connectivity index (χ2v) is 54.6. The zero-order chi connectivity index (χ0) is 56.7. The van der Waals surface area contributed by atoms with Crippen molar-refractivity contribution in [3.05, 3.63) is 99.7 Å². The number of likely N-dealkylation sites (N-methyl/N-ethyl adjacent to an activating group) is 2. The van der Waals surface area contributed by atoms with Gasteiger partial charge in [-0.05, 0) is 107 Å². The molecule has 3 aromatic carbocycles. The third-order valence-electron chi connectivity index (χ3n) is 13.5. The summed E-state index contributed by atoms with van der Waals surface area (Å²) in [6, 6.07) is 14.7. The van der Waals surface area contributed by atoms with Crippen LogP contribution in [0.1, 0.15) is 78.8 Å². The number of aromatic nitrogens is 1. The molecule has 10 rings (SSSR count). The second kappa shape index (κ2) is 27.6. The fraction of sp³-hybridized carbons (Fsp3) is 0.412. The number of nitrogens with zero attached hydrogens (tertiary/aromatic N) is 5. The van der Waals surface area contributed by atoms with E-state index in [2.05, 4.69) is 107 Å². The standard InChI is InChI=1S/C26H28FN3O5.C13H15N3O4.C12H12FNO2.I2.3HI.V/c1-26(2)20-5-6-21(27)19(23(20)29(3)24(26)32)12-28-9-8-18-13-30(25(33)35-18)16-4-7-22-15(10-16)11-17(31)14-34-22;14-4-3-9-6-16(13(18)20-9)12-2-1-11-10(15-12)5-8(17)7-19-11;1-12(2)8-4-5-9(13)7(6-15)10(8)14(3)11(12)16;1-2;;;;/h4-7,10,18,28H,8-9,11-14H2,1-3H3;1-2,9H,3-7,14H2;4-6H,1-3H3;;3*1H;/q;;;;;;;+3/p-3. The van der Waals surface area contributed by atoms with E-state index in [4.69, 9.17) is 24.7 Å². The van der Waals surface area contributed by atoms with Gasteiger partial charge in [0, 0.05) is 81.1 Å². The molecule has 2 saturated heterocycles. The van der Waals surface area contributed by atoms with Crippen molar-refractivity contribution in [3.8, 4) is 11.5 Å². The number of halogens is 7. The number of hydrogen-bond acceptors (Lipinski definition) is 14. The molecule has 2 unspecified atom stereocenters. The second-order valence-electron chi connectivity index (χ2n) is 19.3. The molecule has 4 amide bonds. The van der Waals surface area contributed by atoms with Crippen LogP contribution in [0.5, 0.6) is 11.5 Å². The van der Waals surface area contributed by atoms with Gasteiger partial charge in [-0.15, -0.1) is 0 Å². The van der Waals surface area contributed by atoms with Crippen molar-refractivity contribution in [1.82, 2.24) is 10.3 Å². The number of hydrogen-bond donors (Lipinski definition) is 2. The molecule has 0 saturated carbocycles. The Balaban J connectivity index is 0.000000193. The predicted molar refractivity (Wildman–Crippen MR) is 325 cm³/mol. The van der Waals surface area contributed by atoms with Crippen molar-refractivity contribution in [2.75, 3.05) is 73.1 Å². The molecule has 414 valence electrons. The van der Waals surface area contributed by atoms with Gasteiger partial charge in [0.1, 0.15) is 54.4 Å². The van der Waals surface area contributed by atoms with E-state index in [0.717, 1.165) is 11.1 Å². The number of benzene rings is 3. The molecule has 0 radical (unpaired) electrons. The summed E-state index contributed by atoms with van der Waals surface area (Å²) < 4.78 is 49.5. The molecule has 3 N–H and O–H groups in total. The molecule has 7 heterocycles. The van der Waals surface area contributed by atoms with Crippen LogP contribution in [-0.4, -0.2) is 113 Å². The first kappa shape index (κ1) is 63.1. The summed E-state index contributed by atoms with van der Waals surface area (Å²) >= 11 is 11.6. The molecular formula is C51H55F2I5N7O11V. The Kier molecular flexibility index (Phi) is 22.6. The normalized spacial score (nSPS) is 19.1. The Morgan fingerprint density at radius 3 is 1.90 bits per heavy atom. The number of amides is 4. The van der Waals surface area contributed by atoms with Crippen LogP contribution in [0.4, 0.5) is 41.2 Å². The van der Waals surface area contributed by atoms with Crippen LogP contribution in [-0.2, 0) is 63.8 Å². The van der Waals surface area contributed by atoms with Crippen molar-refractivity contribution >= 4 is 162 Å². The number of ketones is 2. The van der Waals surface area contributed by atoms with Gasteiger partial charge in [0.15, 0.2) is 17.9 Å². The zero-order valence-electron chi connectivity index (χ0n) is 42.6. The van der Waals surface area contributed by atoms with Crippen molar-refractivity contribution in [3.63, 3.8) is 0 Å². The fourth-order valence-corrected chi connectivity index (χ4v) is 9.62. The summed E-state index contributed by atoms with van der Waals surface area (Å²) in [6.07, 6.45) is 0.753. The Hall–Kier alpha value is -3.09. The molecule has 26 heteroatoms. The molecule has 18 nitrogen and oxygen atoms in total. The van der Waals surface area contributed by atoms with Crippen LogP contribution in [0.2, 0.25) is 0 Å². The van der Waals surface area contributed by atoms with Gasteiger partial charge in [0.25, 0.3) is 0 Å². The molecule has 0 bridgehead atoms. The quantitative estimate of drug-likeness (QED) is 0.0858. The molecule has 2 atom stereocenters. The number of carbonyl (C=O) groups excluding carboxylic acids is 7. The first-order valence-electron chi connectivity index (χ1n) is 23.8. The number of Topliss-reactive ketones (excluding diaryl/α,β-unsaturated/α-hetero) is 2. The van der Waals surface area contributed by atoms with Crippen LogP contribution >= 0.6 is 97.2 Å². The van der Waals surface area contributed by atoms with Crippen LogP contribution in [0.3, 0.4) is 0 Å². The summed E-state index contributed by atoms with van der Waals surface area (Å²) in [5.41, 5.74) is 9.02. The first-order chi connectivity index (χ1) is 36.5. The summed E-state index contributed by atoms with van der Waals surface area (Å²) in [7, 11) is 3.23. The maximum absolute atomic E-state index is 14.7. The number of anilines is 4. The minimum absolute atomic E-state index is 0.00205. The Morgan fingerprint density at radius 1 is 0.740 bits per heavy atom. The van der Waals surface area contributed by atoms with E-state index in [1.165, 1.54) is 26.8 Å². The van der Waals surface area contributed by atoms with Crippen LogP contribution < -0.4 is 40.1 Å². The number of nitrogens with one attached hydrogen (secondary N) is 1. The topological polar surface area (TPSA) is 220 Å². The maximum atomic E-state index is 14.7. The van der Waals surface area contributed by atoms with E-state index < -0.39 is 28.8 Å². The SMILES string of the molecule is CN1C(=O)C(C)(C)c2ccc(F)c(C=O)c21.CN1C(=O)C(C)(C)c2ccc(F)c(CNCCC3CN(c4ccc5c(c4)CC(=O)CO5)C(=O)O3)c21.II.NCCC1CN(c2ccc3c(n2)CC(=O)CO3)C(=O)O1.[I][V]([I])[I]. The van der Waals surface area contributed by atoms with E-state index in [-0.39, 0.29) is 84.5 Å². The molecule has 0 aliphatic carbocycles. The molecule has 4 aromatic rings. The zero-order valence-corrected chi connectivity index (χ0v) is 54.8. The summed E-state index contributed by atoms with van der Waals surface area (Å²) in [5.74, 6) is 0.581. The van der Waals surface area contributed by atoms with Crippen LogP contribution in [0, 0.1) is 11.6 Å². The number of cyclic esters (lactones) is 2. The Bertz CT molecular complexity index is 2940. The van der Waals surface area contributed by atoms with E-state index in [1.54, 1.807) is 75.3 Å². The molecule has 1 aromatic heterocycles. The van der Waals surface area contributed by atoms with Gasteiger partial charge in [0.2, 0.25) is 11.8 Å². The van der Waals surface area contributed by atoms with E-state index in [9.17, 15) is 42.3 Å². The average Bonchev–Trinajstić information content (AvgIpc) is 4.14. The number of nitrogens with two attached hydrogens (primary N) is 1. The van der Waals surface area contributed by atoms with Crippen LogP contribution in [0.25, 0.3) is 0 Å². The molecule has 2 fully saturated rings. The molecule has 0 spiro atoms. The van der Waals surface area contributed by atoms with Gasteiger partial charge in [-0.3, -0.25) is 33.8 Å². The first-order valence-corrected chi connectivity index (χ1v) is 43.7. The van der Waals surface area contributed by atoms with Crippen molar-refractivity contribution < 1.29 is 66.2 Å². The van der Waals surface area contributed by atoms with E-state index in [1.807, 2.05) is 13.8 Å². The third-order valence-corrected chi connectivity index (χ3v) is 13.5. The van der Waals surface area contributed by atoms with Gasteiger partial charge >= 0.3 is 77.0 Å². The Labute approximate surface area is 505 Å². The van der Waals surface area contributed by atoms with Gasteiger partial charge < -0.3 is 39.8 Å². The number of ether oxygens (including phenoxy) is 4. The Morgan fingerprint density at radius 2 is 1.27 bits per heavy atom. The molecular weight excluding hydrogens is 1610 g/mol. The molecule has 77 heavy (non-hydrogen) atoms. The van der Waals surface area contributed by atoms with Gasteiger partial charge in [0.05, 0.1) is 53.0 Å². The summed E-state index contributed by atoms with van der Waals surface area (Å²) in [6.45, 7) is 9.42. The summed E-state index contributed by atoms with van der Waals surface area (Å²) in [5, 5.41) is 3.24.